The van der Waals surface area contributed by atoms with Gasteiger partial charge in [-0.25, -0.2) is 26.8 Å². The summed E-state index contributed by atoms with van der Waals surface area (Å²) < 4.78 is 50.4. The minimum absolute atomic E-state index is 0.212. The quantitative estimate of drug-likeness (QED) is 0.589. The first-order chi connectivity index (χ1) is 12.3. The van der Waals surface area contributed by atoms with Crippen molar-refractivity contribution in [2.45, 2.75) is 23.9 Å². The number of hydrogen-bond donors (Lipinski definition) is 0. The molecular formula is C16H18N2O4S4. The number of thioether (sulfide) groups is 2. The molecule has 0 unspecified atom stereocenters. The molecule has 0 aliphatic heterocycles. The van der Waals surface area contributed by atoms with E-state index in [1.807, 2.05) is 0 Å². The highest BCUT2D eigenvalue weighted by Crippen LogP contribution is 2.41. The summed E-state index contributed by atoms with van der Waals surface area (Å²) in [5, 5.41) is 0.815. The Morgan fingerprint density at radius 1 is 0.769 bits per heavy atom. The van der Waals surface area contributed by atoms with E-state index >= 15 is 0 Å². The van der Waals surface area contributed by atoms with Gasteiger partial charge in [-0.1, -0.05) is 49.5 Å². The van der Waals surface area contributed by atoms with E-state index in [1.54, 1.807) is 36.4 Å². The molecular weight excluding hydrogens is 412 g/mol. The Morgan fingerprint density at radius 3 is 1.42 bits per heavy atom. The van der Waals surface area contributed by atoms with Crippen molar-refractivity contribution in [3.8, 4) is 0 Å². The lowest BCUT2D eigenvalue weighted by Crippen LogP contribution is -2.13. The Hall–Kier alpha value is -1.36. The lowest BCUT2D eigenvalue weighted by Gasteiger charge is -2.14. The molecule has 2 rings (SSSR count). The second-order valence-electron chi connectivity index (χ2n) is 4.92. The first-order valence-electron chi connectivity index (χ1n) is 7.67. The van der Waals surface area contributed by atoms with Gasteiger partial charge in [0.15, 0.2) is 19.7 Å². The van der Waals surface area contributed by atoms with Gasteiger partial charge < -0.3 is 0 Å². The molecule has 0 fully saturated rings. The highest BCUT2D eigenvalue weighted by Gasteiger charge is 2.30. The van der Waals surface area contributed by atoms with E-state index in [-0.39, 0.29) is 20.0 Å². The van der Waals surface area contributed by atoms with Gasteiger partial charge in [0, 0.05) is 12.4 Å². The molecule has 0 atom stereocenters. The van der Waals surface area contributed by atoms with Crippen molar-refractivity contribution in [1.82, 2.24) is 9.97 Å². The number of nitrogens with zero attached hydrogens (tertiary/aromatic N) is 2. The molecule has 0 saturated carbocycles. The van der Waals surface area contributed by atoms with Crippen molar-refractivity contribution in [3.63, 3.8) is 0 Å². The van der Waals surface area contributed by atoms with Crippen molar-refractivity contribution in [2.24, 2.45) is 0 Å². The van der Waals surface area contributed by atoms with Gasteiger partial charge in [-0.05, 0) is 24.3 Å². The summed E-state index contributed by atoms with van der Waals surface area (Å²) in [5.41, 5.74) is 0. The molecule has 2 aromatic rings. The van der Waals surface area contributed by atoms with Crippen LogP contribution in [0.1, 0.15) is 13.8 Å². The van der Waals surface area contributed by atoms with Gasteiger partial charge in [0.05, 0.1) is 11.5 Å². The Kier molecular flexibility index (Phi) is 7.27. The molecule has 10 heteroatoms. The number of sulfone groups is 2. The Bertz CT molecular complexity index is 892. The number of hydrogen-bond acceptors (Lipinski definition) is 8. The van der Waals surface area contributed by atoms with Gasteiger partial charge >= 0.3 is 0 Å². The van der Waals surface area contributed by atoms with E-state index in [0.29, 0.717) is 10.1 Å². The zero-order chi connectivity index (χ0) is 19.2. The summed E-state index contributed by atoms with van der Waals surface area (Å²) in [6.07, 6.45) is 3.05. The van der Waals surface area contributed by atoms with Crippen LogP contribution < -0.4 is 0 Å². The fourth-order valence-corrected chi connectivity index (χ4v) is 8.09. The van der Waals surface area contributed by atoms with E-state index in [1.165, 1.54) is 26.2 Å². The third-order valence-corrected chi connectivity index (χ3v) is 10.4. The molecule has 2 aromatic heterocycles. The van der Waals surface area contributed by atoms with Crippen molar-refractivity contribution >= 4 is 43.2 Å². The van der Waals surface area contributed by atoms with Crippen LogP contribution in [-0.2, 0) is 19.7 Å². The number of rotatable bonds is 8. The van der Waals surface area contributed by atoms with Crippen LogP contribution in [0.15, 0.2) is 67.3 Å². The Balaban J connectivity index is 2.68. The molecule has 0 saturated heterocycles. The average molecular weight is 431 g/mol. The normalized spacial score (nSPS) is 13.3. The topological polar surface area (TPSA) is 94.1 Å². The predicted octanol–water partition coefficient (Wildman–Crippen LogP) is 3.36. The van der Waals surface area contributed by atoms with Gasteiger partial charge in [-0.15, -0.1) is 0 Å². The zero-order valence-corrected chi connectivity index (χ0v) is 17.5. The Morgan fingerprint density at radius 2 is 1.15 bits per heavy atom. The molecule has 26 heavy (non-hydrogen) atoms. The summed E-state index contributed by atoms with van der Waals surface area (Å²) >= 11 is 1.69. The van der Waals surface area contributed by atoms with Crippen LogP contribution in [0.5, 0.6) is 0 Å². The first kappa shape index (κ1) is 20.9. The lowest BCUT2D eigenvalue weighted by atomic mass is 10.5. The van der Waals surface area contributed by atoms with Crippen molar-refractivity contribution < 1.29 is 16.8 Å². The van der Waals surface area contributed by atoms with E-state index in [9.17, 15) is 16.8 Å². The highest BCUT2D eigenvalue weighted by atomic mass is 32.3. The minimum atomic E-state index is -3.80. The first-order valence-corrected chi connectivity index (χ1v) is 12.6. The van der Waals surface area contributed by atoms with Gasteiger partial charge in [0.25, 0.3) is 0 Å². The molecule has 0 spiro atoms. The van der Waals surface area contributed by atoms with Crippen molar-refractivity contribution in [3.05, 3.63) is 57.3 Å². The lowest BCUT2D eigenvalue weighted by molar-refractivity contribution is 0.600. The zero-order valence-electron chi connectivity index (χ0n) is 14.2. The standard InChI is InChI=1S/C16H18N2O4S4/c1-3-25(19,20)15(23-13-9-5-7-11-17-13)16(26(21,22)4-2)24-14-10-6-8-12-18-14/h5-12H,3-4H2,1-2H3. The molecule has 0 aromatic carbocycles. The van der Waals surface area contributed by atoms with E-state index in [4.69, 9.17) is 0 Å². The number of pyridine rings is 2. The third kappa shape index (κ3) is 5.32. The molecule has 140 valence electrons. The third-order valence-electron chi connectivity index (χ3n) is 3.16. The van der Waals surface area contributed by atoms with Gasteiger partial charge in [-0.3, -0.25) is 0 Å². The predicted molar refractivity (Wildman–Crippen MR) is 106 cm³/mol. The Labute approximate surface area is 162 Å². The fraction of sp³-hybridized carbons (Fsp3) is 0.250. The molecule has 6 nitrogen and oxygen atoms in total. The smallest absolute Gasteiger partial charge is 0.186 e. The SMILES string of the molecule is CCS(=O)(=O)C(Sc1ccccn1)=C(Sc1ccccn1)S(=O)(=O)CC. The molecule has 0 radical (unpaired) electrons. The van der Waals surface area contributed by atoms with Crippen LogP contribution in [-0.4, -0.2) is 38.3 Å². The maximum absolute atomic E-state index is 12.7. The summed E-state index contributed by atoms with van der Waals surface area (Å²) in [5.74, 6) is -0.429. The number of aromatic nitrogens is 2. The van der Waals surface area contributed by atoms with Crippen LogP contribution in [0, 0.1) is 0 Å². The van der Waals surface area contributed by atoms with Crippen LogP contribution in [0.2, 0.25) is 0 Å². The molecule has 0 aliphatic carbocycles. The van der Waals surface area contributed by atoms with Crippen molar-refractivity contribution in [2.75, 3.05) is 11.5 Å². The molecule has 0 aliphatic rings. The average Bonchev–Trinajstić information content (AvgIpc) is 2.66. The monoisotopic (exact) mass is 430 g/mol. The molecule has 0 amide bonds. The van der Waals surface area contributed by atoms with Crippen LogP contribution in [0.3, 0.4) is 0 Å². The van der Waals surface area contributed by atoms with E-state index < -0.39 is 19.7 Å². The van der Waals surface area contributed by atoms with Crippen LogP contribution in [0.4, 0.5) is 0 Å². The van der Waals surface area contributed by atoms with Gasteiger partial charge in [-0.2, -0.15) is 0 Å². The molecule has 0 N–H and O–H groups in total. The van der Waals surface area contributed by atoms with Crippen LogP contribution >= 0.6 is 23.5 Å². The summed E-state index contributed by atoms with van der Waals surface area (Å²) in [7, 11) is -7.59. The summed E-state index contributed by atoms with van der Waals surface area (Å²) in [6.45, 7) is 2.96. The van der Waals surface area contributed by atoms with Crippen molar-refractivity contribution in [1.29, 1.82) is 0 Å². The summed E-state index contributed by atoms with van der Waals surface area (Å²) in [4.78, 5) is 8.22. The van der Waals surface area contributed by atoms with Crippen LogP contribution in [0.25, 0.3) is 0 Å². The minimum Gasteiger partial charge on any atom is -0.250 e. The highest BCUT2D eigenvalue weighted by molar-refractivity contribution is 8.24. The van der Waals surface area contributed by atoms with E-state index in [0.717, 1.165) is 23.5 Å². The van der Waals surface area contributed by atoms with Gasteiger partial charge in [0.2, 0.25) is 0 Å². The summed E-state index contributed by atoms with van der Waals surface area (Å²) in [6, 6.07) is 10.1. The van der Waals surface area contributed by atoms with Gasteiger partial charge in [0.1, 0.15) is 18.5 Å². The fourth-order valence-electron chi connectivity index (χ4n) is 1.73. The second-order valence-corrected chi connectivity index (χ2v) is 11.9. The largest absolute Gasteiger partial charge is 0.250 e. The maximum atomic E-state index is 12.7. The van der Waals surface area contributed by atoms with E-state index in [2.05, 4.69) is 9.97 Å². The second kappa shape index (κ2) is 9.03. The molecule has 2 heterocycles. The maximum Gasteiger partial charge on any atom is 0.186 e. The molecule has 0 bridgehead atoms.